The monoisotopic (exact) mass is 448 g/mol. The van der Waals surface area contributed by atoms with Crippen LogP contribution >= 0.6 is 0 Å². The molecule has 0 bridgehead atoms. The molecule has 2 N–H and O–H groups in total. The third kappa shape index (κ3) is 3.83. The number of rotatable bonds is 4. The Morgan fingerprint density at radius 2 is 2.00 bits per heavy atom. The van der Waals surface area contributed by atoms with E-state index in [4.69, 9.17) is 0 Å². The van der Waals surface area contributed by atoms with E-state index in [1.54, 1.807) is 29.6 Å². The number of β-lactam (4-membered cyclic amide) rings is 1. The smallest absolute Gasteiger partial charge is 0.317 e. The number of benzene rings is 1. The SMILES string of the molecule is O=C(NCc1ccc(F)cc1)N1CCC2(CC1)C(=O)N(C1=CNC=NC1)C2c1cccnc1. The molecule has 0 saturated carbocycles. The summed E-state index contributed by atoms with van der Waals surface area (Å²) in [6, 6.07) is 9.63. The molecule has 33 heavy (non-hydrogen) atoms. The van der Waals surface area contributed by atoms with Crippen LogP contribution in [0.2, 0.25) is 0 Å². The first kappa shape index (κ1) is 21.1. The lowest BCUT2D eigenvalue weighted by Crippen LogP contribution is -2.66. The van der Waals surface area contributed by atoms with Crippen LogP contribution in [0.5, 0.6) is 0 Å². The number of carbonyl (C=O) groups is 2. The minimum Gasteiger partial charge on any atom is -0.351 e. The van der Waals surface area contributed by atoms with Crippen LogP contribution in [0.25, 0.3) is 0 Å². The molecule has 2 aromatic rings. The zero-order valence-electron chi connectivity index (χ0n) is 18.1. The Morgan fingerprint density at radius 1 is 1.21 bits per heavy atom. The van der Waals surface area contributed by atoms with Crippen LogP contribution < -0.4 is 10.6 Å². The molecule has 170 valence electrons. The first-order valence-electron chi connectivity index (χ1n) is 11.0. The van der Waals surface area contributed by atoms with Crippen LogP contribution in [-0.2, 0) is 11.3 Å². The third-order valence-corrected chi connectivity index (χ3v) is 6.70. The molecule has 8 nitrogen and oxygen atoms in total. The number of likely N-dealkylation sites (tertiary alicyclic amines) is 2. The van der Waals surface area contributed by atoms with E-state index in [9.17, 15) is 14.0 Å². The number of aliphatic imine (C=N–C) groups is 1. The number of piperidine rings is 1. The lowest BCUT2D eigenvalue weighted by Gasteiger charge is -2.59. The van der Waals surface area contributed by atoms with Gasteiger partial charge in [-0.1, -0.05) is 18.2 Å². The summed E-state index contributed by atoms with van der Waals surface area (Å²) in [7, 11) is 0. The Balaban J connectivity index is 1.28. The lowest BCUT2D eigenvalue weighted by molar-refractivity contribution is -0.174. The molecule has 3 aliphatic heterocycles. The third-order valence-electron chi connectivity index (χ3n) is 6.70. The van der Waals surface area contributed by atoms with Crippen LogP contribution in [0.3, 0.4) is 0 Å². The van der Waals surface area contributed by atoms with E-state index in [2.05, 4.69) is 20.6 Å². The maximum absolute atomic E-state index is 13.5. The largest absolute Gasteiger partial charge is 0.351 e. The zero-order chi connectivity index (χ0) is 22.8. The molecule has 2 fully saturated rings. The van der Waals surface area contributed by atoms with Crippen molar-refractivity contribution >= 4 is 18.3 Å². The van der Waals surface area contributed by atoms with Crippen molar-refractivity contribution < 1.29 is 14.0 Å². The van der Waals surface area contributed by atoms with Crippen molar-refractivity contribution in [3.8, 4) is 0 Å². The maximum Gasteiger partial charge on any atom is 0.317 e. The fraction of sp³-hybridized carbons (Fsp3) is 0.333. The van der Waals surface area contributed by atoms with Crippen molar-refractivity contribution in [1.82, 2.24) is 25.4 Å². The van der Waals surface area contributed by atoms with E-state index in [0.717, 1.165) is 16.8 Å². The first-order valence-corrected chi connectivity index (χ1v) is 11.0. The molecule has 1 atom stereocenters. The van der Waals surface area contributed by atoms with E-state index < -0.39 is 5.41 Å². The number of carbonyl (C=O) groups excluding carboxylic acids is 2. The highest BCUT2D eigenvalue weighted by Gasteiger charge is 2.62. The number of nitrogens with zero attached hydrogens (tertiary/aromatic N) is 4. The Kier molecular flexibility index (Phi) is 5.53. The summed E-state index contributed by atoms with van der Waals surface area (Å²) >= 11 is 0. The zero-order valence-corrected chi connectivity index (χ0v) is 18.1. The predicted molar refractivity (Wildman–Crippen MR) is 120 cm³/mol. The number of aromatic nitrogens is 1. The fourth-order valence-corrected chi connectivity index (χ4v) is 4.96. The van der Waals surface area contributed by atoms with Gasteiger partial charge in [0, 0.05) is 38.2 Å². The molecule has 1 unspecified atom stereocenters. The van der Waals surface area contributed by atoms with Crippen LogP contribution in [-0.4, -0.2) is 52.7 Å². The molecule has 9 heteroatoms. The van der Waals surface area contributed by atoms with Gasteiger partial charge in [-0.2, -0.15) is 0 Å². The van der Waals surface area contributed by atoms with E-state index >= 15 is 0 Å². The lowest BCUT2D eigenvalue weighted by atomic mass is 9.62. The number of hydrogen-bond acceptors (Lipinski definition) is 5. The second kappa shape index (κ2) is 8.65. The topological polar surface area (TPSA) is 89.9 Å². The number of hydrogen-bond donors (Lipinski definition) is 2. The maximum atomic E-state index is 13.5. The number of amides is 3. The molecule has 4 heterocycles. The molecule has 5 rings (SSSR count). The molecular formula is C24H25FN6O2. The van der Waals surface area contributed by atoms with Gasteiger partial charge in [-0.25, -0.2) is 9.18 Å². The molecule has 3 aliphatic rings. The van der Waals surface area contributed by atoms with Crippen LogP contribution in [0, 0.1) is 11.2 Å². The summed E-state index contributed by atoms with van der Waals surface area (Å²) < 4.78 is 13.1. The standard InChI is InChI=1S/C24H25FN6O2/c25-19-5-3-17(4-6-19)12-29-23(33)30-10-7-24(8-11-30)21(18-2-1-9-26-13-18)31(22(24)32)20-14-27-16-28-15-20/h1-6,9,13-14,16,21H,7-8,10-12,15H2,(H,27,28)(H,29,33). The van der Waals surface area contributed by atoms with Crippen molar-refractivity contribution in [2.45, 2.75) is 25.4 Å². The van der Waals surface area contributed by atoms with Crippen molar-refractivity contribution in [2.75, 3.05) is 19.6 Å². The van der Waals surface area contributed by atoms with Crippen molar-refractivity contribution in [3.63, 3.8) is 0 Å². The van der Waals surface area contributed by atoms with Gasteiger partial charge in [0.15, 0.2) is 0 Å². The van der Waals surface area contributed by atoms with Crippen LogP contribution in [0.1, 0.15) is 30.0 Å². The summed E-state index contributed by atoms with van der Waals surface area (Å²) in [5, 5.41) is 5.87. The van der Waals surface area contributed by atoms with Gasteiger partial charge in [0.1, 0.15) is 5.82 Å². The van der Waals surface area contributed by atoms with Gasteiger partial charge >= 0.3 is 6.03 Å². The minimum atomic E-state index is -0.557. The molecule has 2 saturated heterocycles. The highest BCUT2D eigenvalue weighted by Crippen LogP contribution is 2.57. The van der Waals surface area contributed by atoms with Crippen molar-refractivity contribution in [2.24, 2.45) is 10.4 Å². The van der Waals surface area contributed by atoms with Crippen LogP contribution in [0.4, 0.5) is 9.18 Å². The van der Waals surface area contributed by atoms with E-state index in [1.807, 2.05) is 29.4 Å². The predicted octanol–water partition coefficient (Wildman–Crippen LogP) is 2.57. The van der Waals surface area contributed by atoms with Gasteiger partial charge in [-0.05, 0) is 42.2 Å². The molecular weight excluding hydrogens is 423 g/mol. The second-order valence-corrected chi connectivity index (χ2v) is 8.56. The average molecular weight is 449 g/mol. The number of nitrogens with one attached hydrogen (secondary N) is 2. The average Bonchev–Trinajstić information content (AvgIpc) is 2.87. The minimum absolute atomic E-state index is 0.0767. The van der Waals surface area contributed by atoms with Crippen molar-refractivity contribution in [1.29, 1.82) is 0 Å². The Labute approximate surface area is 191 Å². The van der Waals surface area contributed by atoms with E-state index in [1.165, 1.54) is 12.1 Å². The Bertz CT molecular complexity index is 1090. The second-order valence-electron chi connectivity index (χ2n) is 8.56. The first-order chi connectivity index (χ1) is 16.1. The van der Waals surface area contributed by atoms with Gasteiger partial charge in [0.25, 0.3) is 0 Å². The molecule has 0 radical (unpaired) electrons. The summed E-state index contributed by atoms with van der Waals surface area (Å²) in [4.78, 5) is 38.3. The Morgan fingerprint density at radius 3 is 2.67 bits per heavy atom. The van der Waals surface area contributed by atoms with Gasteiger partial charge in [-0.15, -0.1) is 0 Å². The summed E-state index contributed by atoms with van der Waals surface area (Å²) in [6.07, 6.45) is 8.13. The van der Waals surface area contributed by atoms with E-state index in [-0.39, 0.29) is 23.8 Å². The van der Waals surface area contributed by atoms with Gasteiger partial charge < -0.3 is 20.4 Å². The van der Waals surface area contributed by atoms with Gasteiger partial charge in [0.2, 0.25) is 5.91 Å². The summed E-state index contributed by atoms with van der Waals surface area (Å²) in [5.74, 6) is -0.228. The number of urea groups is 1. The highest BCUT2D eigenvalue weighted by atomic mass is 19.1. The summed E-state index contributed by atoms with van der Waals surface area (Å²) in [5.41, 5.74) is 2.10. The number of pyridine rings is 1. The van der Waals surface area contributed by atoms with Crippen molar-refractivity contribution in [3.05, 3.63) is 77.6 Å². The van der Waals surface area contributed by atoms with Gasteiger partial charge in [-0.3, -0.25) is 14.8 Å². The molecule has 1 aromatic carbocycles. The highest BCUT2D eigenvalue weighted by molar-refractivity contribution is 5.93. The molecule has 1 aromatic heterocycles. The summed E-state index contributed by atoms with van der Waals surface area (Å²) in [6.45, 7) is 1.75. The van der Waals surface area contributed by atoms with E-state index in [0.29, 0.717) is 39.0 Å². The molecule has 3 amide bonds. The Hall–Kier alpha value is -3.75. The van der Waals surface area contributed by atoms with Crippen LogP contribution in [0.15, 0.2) is 65.7 Å². The fourth-order valence-electron chi connectivity index (χ4n) is 4.96. The number of halogens is 1. The quantitative estimate of drug-likeness (QED) is 0.704. The molecule has 1 spiro atoms. The normalized spacial score (nSPS) is 21.3. The molecule has 0 aliphatic carbocycles. The van der Waals surface area contributed by atoms with Gasteiger partial charge in [0.05, 0.1) is 30.0 Å².